The van der Waals surface area contributed by atoms with Gasteiger partial charge in [0.2, 0.25) is 15.9 Å². The Bertz CT molecular complexity index is 1320. The summed E-state index contributed by atoms with van der Waals surface area (Å²) in [4.78, 5) is 13.3. The average Bonchev–Trinajstić information content (AvgIpc) is 2.84. The van der Waals surface area contributed by atoms with Crippen molar-refractivity contribution in [3.63, 3.8) is 0 Å². The maximum atomic E-state index is 13.3. The average molecular weight is 525 g/mol. The summed E-state index contributed by atoms with van der Waals surface area (Å²) in [6, 6.07) is 18.6. The Labute approximate surface area is 220 Å². The van der Waals surface area contributed by atoms with Crippen molar-refractivity contribution >= 4 is 21.6 Å². The monoisotopic (exact) mass is 524 g/mol. The van der Waals surface area contributed by atoms with Crippen LogP contribution in [0.4, 0.5) is 5.69 Å². The van der Waals surface area contributed by atoms with E-state index < -0.39 is 22.0 Å². The Morgan fingerprint density at radius 3 is 2.03 bits per heavy atom. The van der Waals surface area contributed by atoms with E-state index in [1.807, 2.05) is 56.3 Å². The van der Waals surface area contributed by atoms with E-state index in [0.29, 0.717) is 17.2 Å². The van der Waals surface area contributed by atoms with Gasteiger partial charge in [-0.05, 0) is 91.9 Å². The van der Waals surface area contributed by atoms with Crippen LogP contribution in [0.15, 0.2) is 66.7 Å². The van der Waals surface area contributed by atoms with Crippen LogP contribution in [0.1, 0.15) is 56.3 Å². The Kier molecular flexibility index (Phi) is 8.86. The number of sulfonamides is 1. The predicted octanol–water partition coefficient (Wildman–Crippen LogP) is 5.95. The standard InChI is InChI=1S/C29H36N2O5S/c1-19(2)26-18-27(20(3)17-28(26)35-6)21(4)30-29(32)22(5)31(37(7,33)34)23-13-15-25(16-14-23)36-24-11-9-8-10-12-24/h8-19,21-22H,1-7H3,(H,30,32)/t21-,22+/m1/s1. The summed E-state index contributed by atoms with van der Waals surface area (Å²) in [5.74, 6) is 1.89. The summed E-state index contributed by atoms with van der Waals surface area (Å²) in [5.41, 5.74) is 3.36. The number of carbonyl (C=O) groups is 1. The minimum absolute atomic E-state index is 0.241. The molecule has 0 fully saturated rings. The molecule has 0 spiro atoms. The minimum atomic E-state index is -3.75. The van der Waals surface area contributed by atoms with Crippen molar-refractivity contribution in [2.45, 2.75) is 52.6 Å². The molecule has 0 saturated carbocycles. The third-order valence-electron chi connectivity index (χ3n) is 6.22. The van der Waals surface area contributed by atoms with Crippen molar-refractivity contribution < 1.29 is 22.7 Å². The SMILES string of the molecule is COc1cc(C)c([C@@H](C)NC(=O)[C@H](C)N(c2ccc(Oc3ccccc3)cc2)S(C)(=O)=O)cc1C(C)C. The van der Waals surface area contributed by atoms with E-state index in [9.17, 15) is 13.2 Å². The van der Waals surface area contributed by atoms with E-state index in [1.165, 1.54) is 0 Å². The first-order valence-electron chi connectivity index (χ1n) is 12.2. The number of anilines is 1. The van der Waals surface area contributed by atoms with Gasteiger partial charge in [0.25, 0.3) is 0 Å². The Morgan fingerprint density at radius 2 is 1.49 bits per heavy atom. The fraction of sp³-hybridized carbons (Fsp3) is 0.345. The lowest BCUT2D eigenvalue weighted by molar-refractivity contribution is -0.122. The second-order valence-electron chi connectivity index (χ2n) is 9.48. The number of carbonyl (C=O) groups excluding carboxylic acids is 1. The third-order valence-corrected chi connectivity index (χ3v) is 7.47. The van der Waals surface area contributed by atoms with Crippen LogP contribution < -0.4 is 19.1 Å². The highest BCUT2D eigenvalue weighted by atomic mass is 32.2. The molecule has 1 amide bonds. The molecule has 0 aliphatic carbocycles. The zero-order valence-electron chi connectivity index (χ0n) is 22.5. The number of aryl methyl sites for hydroxylation is 1. The number of ether oxygens (including phenoxy) is 2. The van der Waals surface area contributed by atoms with Gasteiger partial charge in [-0.25, -0.2) is 8.42 Å². The highest BCUT2D eigenvalue weighted by Crippen LogP contribution is 2.32. The van der Waals surface area contributed by atoms with E-state index in [2.05, 4.69) is 19.2 Å². The number of hydrogen-bond acceptors (Lipinski definition) is 5. The second-order valence-corrected chi connectivity index (χ2v) is 11.3. The molecule has 198 valence electrons. The minimum Gasteiger partial charge on any atom is -0.496 e. The smallest absolute Gasteiger partial charge is 0.244 e. The van der Waals surface area contributed by atoms with Gasteiger partial charge in [-0.2, -0.15) is 0 Å². The van der Waals surface area contributed by atoms with Gasteiger partial charge in [0.05, 0.1) is 25.1 Å². The first-order valence-corrected chi connectivity index (χ1v) is 14.1. The zero-order chi connectivity index (χ0) is 27.3. The van der Waals surface area contributed by atoms with Crippen molar-refractivity contribution in [2.24, 2.45) is 0 Å². The van der Waals surface area contributed by atoms with Crippen LogP contribution in [0.2, 0.25) is 0 Å². The van der Waals surface area contributed by atoms with Crippen LogP contribution in [0, 0.1) is 6.92 Å². The summed E-state index contributed by atoms with van der Waals surface area (Å²) < 4.78 is 38.0. The molecule has 0 saturated heterocycles. The summed E-state index contributed by atoms with van der Waals surface area (Å²) in [6.07, 6.45) is 1.09. The fourth-order valence-corrected chi connectivity index (χ4v) is 5.49. The van der Waals surface area contributed by atoms with Gasteiger partial charge >= 0.3 is 0 Å². The van der Waals surface area contributed by atoms with Crippen molar-refractivity contribution in [1.29, 1.82) is 0 Å². The molecular formula is C29H36N2O5S. The van der Waals surface area contributed by atoms with Crippen molar-refractivity contribution in [2.75, 3.05) is 17.7 Å². The Hall–Kier alpha value is -3.52. The highest BCUT2D eigenvalue weighted by Gasteiger charge is 2.30. The maximum Gasteiger partial charge on any atom is 0.244 e. The number of para-hydroxylation sites is 1. The zero-order valence-corrected chi connectivity index (χ0v) is 23.3. The number of nitrogens with one attached hydrogen (secondary N) is 1. The maximum absolute atomic E-state index is 13.3. The fourth-order valence-electron chi connectivity index (χ4n) is 4.32. The summed E-state index contributed by atoms with van der Waals surface area (Å²) in [7, 11) is -2.11. The molecule has 0 aromatic heterocycles. The number of nitrogens with zero attached hydrogens (tertiary/aromatic N) is 1. The van der Waals surface area contributed by atoms with E-state index >= 15 is 0 Å². The van der Waals surface area contributed by atoms with E-state index in [-0.39, 0.29) is 12.0 Å². The lowest BCUT2D eigenvalue weighted by Gasteiger charge is -2.30. The summed E-state index contributed by atoms with van der Waals surface area (Å²) in [5, 5.41) is 3.00. The first kappa shape index (κ1) is 28.1. The molecule has 0 bridgehead atoms. The number of hydrogen-bond donors (Lipinski definition) is 1. The molecule has 0 heterocycles. The number of benzene rings is 3. The second kappa shape index (κ2) is 11.7. The molecule has 8 heteroatoms. The molecule has 0 radical (unpaired) electrons. The molecule has 3 aromatic rings. The van der Waals surface area contributed by atoms with Gasteiger partial charge in [0.1, 0.15) is 23.3 Å². The van der Waals surface area contributed by atoms with Crippen LogP contribution in [0.5, 0.6) is 17.2 Å². The van der Waals surface area contributed by atoms with Gasteiger partial charge < -0.3 is 14.8 Å². The van der Waals surface area contributed by atoms with Crippen LogP contribution in [-0.2, 0) is 14.8 Å². The van der Waals surface area contributed by atoms with Crippen molar-refractivity contribution in [3.05, 3.63) is 83.4 Å². The summed E-state index contributed by atoms with van der Waals surface area (Å²) >= 11 is 0. The van der Waals surface area contributed by atoms with E-state index in [4.69, 9.17) is 9.47 Å². The third kappa shape index (κ3) is 6.83. The number of methoxy groups -OCH3 is 1. The molecule has 0 aliphatic heterocycles. The van der Waals surface area contributed by atoms with Gasteiger partial charge in [-0.3, -0.25) is 9.10 Å². The van der Waals surface area contributed by atoms with Gasteiger partial charge in [-0.15, -0.1) is 0 Å². The van der Waals surface area contributed by atoms with Crippen LogP contribution in [0.25, 0.3) is 0 Å². The molecule has 0 aliphatic rings. The van der Waals surface area contributed by atoms with Crippen molar-refractivity contribution in [3.8, 4) is 17.2 Å². The highest BCUT2D eigenvalue weighted by molar-refractivity contribution is 7.92. The van der Waals surface area contributed by atoms with Gasteiger partial charge in [0, 0.05) is 0 Å². The van der Waals surface area contributed by atoms with E-state index in [1.54, 1.807) is 38.3 Å². The normalized spacial score (nSPS) is 13.1. The first-order chi connectivity index (χ1) is 17.4. The molecule has 7 nitrogen and oxygen atoms in total. The van der Waals surface area contributed by atoms with Crippen molar-refractivity contribution in [1.82, 2.24) is 5.32 Å². The van der Waals surface area contributed by atoms with E-state index in [0.717, 1.165) is 33.0 Å². The topological polar surface area (TPSA) is 84.9 Å². The number of rotatable bonds is 10. The molecule has 37 heavy (non-hydrogen) atoms. The van der Waals surface area contributed by atoms with Crippen LogP contribution >= 0.6 is 0 Å². The number of amides is 1. The lowest BCUT2D eigenvalue weighted by Crippen LogP contribution is -2.48. The summed E-state index contributed by atoms with van der Waals surface area (Å²) in [6.45, 7) is 9.61. The molecule has 2 atom stereocenters. The largest absolute Gasteiger partial charge is 0.496 e. The van der Waals surface area contributed by atoms with Crippen LogP contribution in [0.3, 0.4) is 0 Å². The van der Waals surface area contributed by atoms with Gasteiger partial charge in [0.15, 0.2) is 0 Å². The quantitative estimate of drug-likeness (QED) is 0.354. The van der Waals surface area contributed by atoms with Gasteiger partial charge in [-0.1, -0.05) is 32.0 Å². The Balaban J connectivity index is 1.81. The molecule has 1 N–H and O–H groups in total. The lowest BCUT2D eigenvalue weighted by atomic mass is 9.93. The molecule has 3 aromatic carbocycles. The Morgan fingerprint density at radius 1 is 0.892 bits per heavy atom. The van der Waals surface area contributed by atoms with Crippen LogP contribution in [-0.4, -0.2) is 33.7 Å². The predicted molar refractivity (Wildman–Crippen MR) is 148 cm³/mol. The molecule has 0 unspecified atom stereocenters. The molecule has 3 rings (SSSR count). The molecular weight excluding hydrogens is 488 g/mol.